The molecule has 308 valence electrons. The van der Waals surface area contributed by atoms with Gasteiger partial charge in [-0.05, 0) is 127 Å². The second-order valence-corrected chi connectivity index (χ2v) is 16.4. The molecule has 2 saturated heterocycles. The maximum atomic E-state index is 15.3. The van der Waals surface area contributed by atoms with Crippen molar-refractivity contribution in [2.75, 3.05) is 36.4 Å². The van der Waals surface area contributed by atoms with Gasteiger partial charge in [-0.15, -0.1) is 0 Å². The number of allylic oxidation sites excluding steroid dienone is 2. The number of benzene rings is 5. The minimum atomic E-state index is -1.60. The second kappa shape index (κ2) is 15.3. The zero-order valence-corrected chi connectivity index (χ0v) is 34.1. The molecule has 2 aliphatic heterocycles. The Morgan fingerprint density at radius 2 is 1.48 bits per heavy atom. The second-order valence-electron chi connectivity index (χ2n) is 15.9. The summed E-state index contributed by atoms with van der Waals surface area (Å²) in [5, 5.41) is 21.3. The molecule has 2 heterocycles. The Morgan fingerprint density at radius 3 is 2.10 bits per heavy atom. The molecule has 0 unspecified atom stereocenters. The predicted molar refractivity (Wildman–Crippen MR) is 228 cm³/mol. The summed E-state index contributed by atoms with van der Waals surface area (Å²) in [6, 6.07) is 31.2. The summed E-state index contributed by atoms with van der Waals surface area (Å²) < 4.78 is 19.3. The van der Waals surface area contributed by atoms with E-state index in [1.807, 2.05) is 49.3 Å². The Kier molecular flexibility index (Phi) is 9.94. The normalized spacial score (nSPS) is 24.4. The highest BCUT2D eigenvalue weighted by molar-refractivity contribution is 6.30. The molecule has 0 radical (unpaired) electrons. The number of hydrogen-bond acceptors (Lipinski definition) is 10. The van der Waals surface area contributed by atoms with Crippen LogP contribution in [0.5, 0.6) is 11.5 Å². The van der Waals surface area contributed by atoms with E-state index in [4.69, 9.17) is 16.3 Å². The molecule has 3 fully saturated rings. The SMILES string of the molecule is COc1ccc([C@H]2C3=CC[C@@H]4C(=O)N(c5ccc(N=Nc6ccc(N(C)C)cc6)cc5)C(=O)[C@@H]4[C@@H]3C[C@H]3C(=O)N(Nc4ccc(F)cc4)C(=O)[C@@]23c2ccc(Cl)cc2)cc1O. The number of rotatable bonds is 9. The average molecular weight is 839 g/mol. The lowest BCUT2D eigenvalue weighted by Crippen LogP contribution is -2.53. The number of phenols is 1. The van der Waals surface area contributed by atoms with Crippen molar-refractivity contribution < 1.29 is 33.4 Å². The summed E-state index contributed by atoms with van der Waals surface area (Å²) in [6.45, 7) is 0. The monoisotopic (exact) mass is 838 g/mol. The first-order chi connectivity index (χ1) is 29.4. The van der Waals surface area contributed by atoms with Crippen LogP contribution in [0.1, 0.15) is 29.9 Å². The lowest BCUT2D eigenvalue weighted by molar-refractivity contribution is -0.138. The fourth-order valence-corrected chi connectivity index (χ4v) is 9.90. The van der Waals surface area contributed by atoms with Crippen LogP contribution in [0.2, 0.25) is 5.02 Å². The van der Waals surface area contributed by atoms with E-state index < -0.39 is 58.5 Å². The van der Waals surface area contributed by atoms with E-state index in [1.165, 1.54) is 42.3 Å². The maximum absolute atomic E-state index is 15.3. The number of hydrazine groups is 1. The molecule has 6 atom stereocenters. The largest absolute Gasteiger partial charge is 0.504 e. The summed E-state index contributed by atoms with van der Waals surface area (Å²) in [7, 11) is 5.33. The Labute approximate surface area is 355 Å². The lowest BCUT2D eigenvalue weighted by Gasteiger charge is -2.50. The number of aromatic hydroxyl groups is 1. The van der Waals surface area contributed by atoms with Gasteiger partial charge in [-0.3, -0.25) is 29.5 Å². The molecule has 0 spiro atoms. The summed E-state index contributed by atoms with van der Waals surface area (Å²) in [5.74, 6) is -6.53. The van der Waals surface area contributed by atoms with E-state index in [2.05, 4.69) is 15.7 Å². The van der Waals surface area contributed by atoms with Crippen LogP contribution in [0.3, 0.4) is 0 Å². The third-order valence-electron chi connectivity index (χ3n) is 12.5. The van der Waals surface area contributed by atoms with Gasteiger partial charge in [0.15, 0.2) is 11.5 Å². The average Bonchev–Trinajstić information content (AvgIpc) is 3.64. The first-order valence-electron chi connectivity index (χ1n) is 19.8. The summed E-state index contributed by atoms with van der Waals surface area (Å²) in [4.78, 5) is 62.5. The van der Waals surface area contributed by atoms with Gasteiger partial charge in [0, 0.05) is 30.7 Å². The van der Waals surface area contributed by atoms with Crippen LogP contribution in [-0.2, 0) is 24.6 Å². The summed E-state index contributed by atoms with van der Waals surface area (Å²) in [5.41, 5.74) is 5.96. The van der Waals surface area contributed by atoms with Crippen LogP contribution < -0.4 is 20.0 Å². The summed E-state index contributed by atoms with van der Waals surface area (Å²) in [6.07, 6.45) is 2.20. The highest BCUT2D eigenvalue weighted by Gasteiger charge is 2.70. The van der Waals surface area contributed by atoms with Crippen molar-refractivity contribution in [3.63, 3.8) is 0 Å². The van der Waals surface area contributed by atoms with Gasteiger partial charge in [-0.2, -0.15) is 15.2 Å². The molecule has 2 N–H and O–H groups in total. The number of halogens is 2. The van der Waals surface area contributed by atoms with Crippen molar-refractivity contribution in [3.8, 4) is 11.5 Å². The molecule has 5 aromatic rings. The number of imide groups is 2. The fraction of sp³-hybridized carbons (Fsp3) is 0.234. The van der Waals surface area contributed by atoms with Gasteiger partial charge in [0.05, 0.1) is 53.0 Å². The molecule has 9 rings (SSSR count). The minimum absolute atomic E-state index is 0.0577. The summed E-state index contributed by atoms with van der Waals surface area (Å²) >= 11 is 6.39. The number of carbonyl (C=O) groups excluding carboxylic acids is 4. The number of ether oxygens (including phenoxy) is 1. The topological polar surface area (TPSA) is 144 Å². The fourth-order valence-electron chi connectivity index (χ4n) is 9.77. The number of methoxy groups -OCH3 is 1. The van der Waals surface area contributed by atoms with Gasteiger partial charge in [0.2, 0.25) is 11.8 Å². The molecule has 0 bridgehead atoms. The predicted octanol–water partition coefficient (Wildman–Crippen LogP) is 8.86. The molecule has 4 amide bonds. The minimum Gasteiger partial charge on any atom is -0.504 e. The van der Waals surface area contributed by atoms with Crippen LogP contribution in [-0.4, -0.2) is 54.9 Å². The number of anilines is 3. The third kappa shape index (κ3) is 6.51. The van der Waals surface area contributed by atoms with Crippen LogP contribution >= 0.6 is 11.6 Å². The van der Waals surface area contributed by atoms with E-state index in [0.29, 0.717) is 44.5 Å². The molecule has 61 heavy (non-hydrogen) atoms. The third-order valence-corrected chi connectivity index (χ3v) is 12.8. The van der Waals surface area contributed by atoms with Gasteiger partial charge < -0.3 is 14.7 Å². The Hall–Kier alpha value is -6.86. The number of fused-ring (bicyclic) bond motifs is 4. The first-order valence-corrected chi connectivity index (χ1v) is 20.2. The van der Waals surface area contributed by atoms with Crippen molar-refractivity contribution in [1.82, 2.24) is 5.01 Å². The van der Waals surface area contributed by atoms with Gasteiger partial charge in [-0.25, -0.2) is 4.39 Å². The number of phenolic OH excluding ortho intramolecular Hbond substituents is 1. The van der Waals surface area contributed by atoms with E-state index in [1.54, 1.807) is 60.7 Å². The van der Waals surface area contributed by atoms with Gasteiger partial charge >= 0.3 is 0 Å². The Balaban J connectivity index is 1.11. The smallest absolute Gasteiger partial charge is 0.260 e. The van der Waals surface area contributed by atoms with Crippen LogP contribution in [0.15, 0.2) is 137 Å². The van der Waals surface area contributed by atoms with Crippen molar-refractivity contribution in [1.29, 1.82) is 0 Å². The van der Waals surface area contributed by atoms with Crippen molar-refractivity contribution >= 4 is 63.7 Å². The number of azo groups is 1. The van der Waals surface area contributed by atoms with Gasteiger partial charge in [0.1, 0.15) is 5.82 Å². The maximum Gasteiger partial charge on any atom is 0.260 e. The number of nitrogens with zero attached hydrogens (tertiary/aromatic N) is 5. The van der Waals surface area contributed by atoms with E-state index in [9.17, 15) is 23.9 Å². The van der Waals surface area contributed by atoms with E-state index >= 15 is 4.79 Å². The highest BCUT2D eigenvalue weighted by atomic mass is 35.5. The van der Waals surface area contributed by atoms with E-state index in [0.717, 1.165) is 10.7 Å². The molecule has 5 aromatic carbocycles. The molecular weight excluding hydrogens is 799 g/mol. The van der Waals surface area contributed by atoms with Crippen molar-refractivity contribution in [3.05, 3.63) is 149 Å². The molecule has 0 aromatic heterocycles. The number of amides is 4. The molecule has 12 nitrogen and oxygen atoms in total. The number of hydrogen-bond donors (Lipinski definition) is 2. The molecule has 14 heteroatoms. The standard InChI is InChI=1S/C47H40ClFN6O6/c1-53(2)33-17-13-30(14-18-33)50-51-31-15-19-34(20-16-31)54-43(57)36-22-21-35-37(41(36)45(54)59)25-38-44(58)55(52-32-11-9-29(49)10-12-32)46(60)47(38,27-5-7-28(48)8-6-27)42(35)26-4-23-40(61-3)39(56)24-26/h4-21,23-24,36-38,41-42,52,56H,22,25H2,1-3H3/t36-,37+,38-,41-,42-,47+/m0/s1. The van der Waals surface area contributed by atoms with Gasteiger partial charge in [-0.1, -0.05) is 41.4 Å². The number of nitrogens with one attached hydrogen (secondary N) is 1. The molecular formula is C47H40ClFN6O6. The van der Waals surface area contributed by atoms with Crippen LogP contribution in [0.4, 0.5) is 32.8 Å². The van der Waals surface area contributed by atoms with Crippen molar-refractivity contribution in [2.24, 2.45) is 33.9 Å². The quantitative estimate of drug-likeness (QED) is 0.0852. The number of carbonyl (C=O) groups is 4. The molecule has 2 aliphatic carbocycles. The molecule has 4 aliphatic rings. The first kappa shape index (κ1) is 39.6. The zero-order chi connectivity index (χ0) is 42.7. The zero-order valence-electron chi connectivity index (χ0n) is 33.3. The highest BCUT2D eigenvalue weighted by Crippen LogP contribution is 2.64. The lowest BCUT2D eigenvalue weighted by atomic mass is 9.49. The Morgan fingerprint density at radius 1 is 0.820 bits per heavy atom. The van der Waals surface area contributed by atoms with Crippen LogP contribution in [0.25, 0.3) is 0 Å². The Bertz CT molecular complexity index is 2640. The van der Waals surface area contributed by atoms with E-state index in [-0.39, 0.29) is 30.2 Å². The van der Waals surface area contributed by atoms with Gasteiger partial charge in [0.25, 0.3) is 11.8 Å². The molecule has 1 saturated carbocycles. The van der Waals surface area contributed by atoms with Crippen LogP contribution in [0, 0.1) is 29.5 Å². The van der Waals surface area contributed by atoms with Crippen molar-refractivity contribution in [2.45, 2.75) is 24.2 Å².